The highest BCUT2D eigenvalue weighted by Crippen LogP contribution is 2.20. The van der Waals surface area contributed by atoms with E-state index in [0.29, 0.717) is 5.56 Å². The number of aryl methyl sites for hydroxylation is 2. The number of nitrogens with one attached hydrogen (secondary N) is 1. The van der Waals surface area contributed by atoms with Crippen LogP contribution < -0.4 is 10.2 Å². The second-order valence-corrected chi connectivity index (χ2v) is 7.68. The Hall–Kier alpha value is -3.12. The summed E-state index contributed by atoms with van der Waals surface area (Å²) in [6.45, 7) is 8.21. The monoisotopic (exact) mass is 389 g/mol. The van der Waals surface area contributed by atoms with Gasteiger partial charge in [-0.2, -0.15) is 5.10 Å². The molecule has 2 heterocycles. The maximum absolute atomic E-state index is 12.6. The molecule has 0 atom stereocenters. The molecule has 4 rings (SSSR count). The van der Waals surface area contributed by atoms with Gasteiger partial charge in [0.2, 0.25) is 0 Å². The van der Waals surface area contributed by atoms with Crippen molar-refractivity contribution >= 4 is 17.3 Å². The first kappa shape index (κ1) is 19.2. The van der Waals surface area contributed by atoms with Crippen molar-refractivity contribution < 1.29 is 4.79 Å². The molecule has 29 heavy (non-hydrogen) atoms. The molecule has 1 aromatic heterocycles. The van der Waals surface area contributed by atoms with Crippen LogP contribution in [-0.2, 0) is 0 Å². The molecular formula is C23H27N5O. The van der Waals surface area contributed by atoms with E-state index in [1.807, 2.05) is 61.0 Å². The van der Waals surface area contributed by atoms with E-state index < -0.39 is 0 Å². The van der Waals surface area contributed by atoms with Crippen molar-refractivity contribution in [2.45, 2.75) is 13.8 Å². The zero-order chi connectivity index (χ0) is 20.4. The molecule has 1 aliphatic rings. The highest BCUT2D eigenvalue weighted by atomic mass is 16.1. The van der Waals surface area contributed by atoms with Gasteiger partial charge in [-0.15, -0.1) is 0 Å². The first-order valence-corrected chi connectivity index (χ1v) is 9.98. The Kier molecular flexibility index (Phi) is 5.36. The molecule has 0 aliphatic carbocycles. The molecule has 1 amide bonds. The van der Waals surface area contributed by atoms with Crippen molar-refractivity contribution in [1.82, 2.24) is 14.7 Å². The number of carbonyl (C=O) groups is 1. The van der Waals surface area contributed by atoms with Crippen LogP contribution in [0.3, 0.4) is 0 Å². The third kappa shape index (κ3) is 4.32. The van der Waals surface area contributed by atoms with Crippen LogP contribution in [0.2, 0.25) is 0 Å². The van der Waals surface area contributed by atoms with Crippen molar-refractivity contribution in [2.75, 3.05) is 43.4 Å². The van der Waals surface area contributed by atoms with Gasteiger partial charge < -0.3 is 15.1 Å². The Balaban J connectivity index is 1.40. The Morgan fingerprint density at radius 3 is 2.10 bits per heavy atom. The van der Waals surface area contributed by atoms with Crippen molar-refractivity contribution in [3.05, 3.63) is 71.5 Å². The molecule has 1 N–H and O–H groups in total. The fourth-order valence-corrected chi connectivity index (χ4v) is 3.67. The number of amides is 1. The van der Waals surface area contributed by atoms with Crippen LogP contribution in [0.25, 0.3) is 5.69 Å². The van der Waals surface area contributed by atoms with Crippen molar-refractivity contribution in [2.24, 2.45) is 0 Å². The van der Waals surface area contributed by atoms with Crippen LogP contribution >= 0.6 is 0 Å². The van der Waals surface area contributed by atoms with Gasteiger partial charge in [0, 0.05) is 48.8 Å². The van der Waals surface area contributed by atoms with E-state index in [4.69, 9.17) is 0 Å². The van der Waals surface area contributed by atoms with Gasteiger partial charge in [0.15, 0.2) is 0 Å². The lowest BCUT2D eigenvalue weighted by atomic mass is 10.1. The maximum atomic E-state index is 12.6. The zero-order valence-corrected chi connectivity index (χ0v) is 17.2. The highest BCUT2D eigenvalue weighted by Gasteiger charge is 2.14. The van der Waals surface area contributed by atoms with Crippen LogP contribution in [0, 0.1) is 13.8 Å². The average Bonchev–Trinajstić information content (AvgIpc) is 3.07. The van der Waals surface area contributed by atoms with Gasteiger partial charge in [0.25, 0.3) is 5.91 Å². The third-order valence-electron chi connectivity index (χ3n) is 5.38. The molecule has 0 spiro atoms. The molecule has 0 radical (unpaired) electrons. The van der Waals surface area contributed by atoms with E-state index in [-0.39, 0.29) is 5.91 Å². The number of hydrogen-bond donors (Lipinski definition) is 1. The number of carbonyl (C=O) groups excluding carboxylic acids is 1. The lowest BCUT2D eigenvalue weighted by Crippen LogP contribution is -2.44. The molecule has 150 valence electrons. The van der Waals surface area contributed by atoms with E-state index >= 15 is 0 Å². The Morgan fingerprint density at radius 2 is 1.52 bits per heavy atom. The van der Waals surface area contributed by atoms with Gasteiger partial charge in [0.05, 0.1) is 11.4 Å². The third-order valence-corrected chi connectivity index (χ3v) is 5.38. The second-order valence-electron chi connectivity index (χ2n) is 7.68. The molecule has 1 fully saturated rings. The Bertz CT molecular complexity index is 983. The van der Waals surface area contributed by atoms with Gasteiger partial charge >= 0.3 is 0 Å². The number of hydrogen-bond acceptors (Lipinski definition) is 4. The maximum Gasteiger partial charge on any atom is 0.255 e. The van der Waals surface area contributed by atoms with E-state index in [1.54, 1.807) is 0 Å². The number of rotatable bonds is 4. The lowest BCUT2D eigenvalue weighted by molar-refractivity contribution is 0.102. The van der Waals surface area contributed by atoms with Crippen LogP contribution in [0.4, 0.5) is 11.4 Å². The second kappa shape index (κ2) is 8.09. The molecule has 6 heteroatoms. The fraction of sp³-hybridized carbons (Fsp3) is 0.304. The van der Waals surface area contributed by atoms with Crippen LogP contribution in [0.1, 0.15) is 21.7 Å². The minimum atomic E-state index is -0.114. The minimum absolute atomic E-state index is 0.114. The van der Waals surface area contributed by atoms with Gasteiger partial charge in [-0.3, -0.25) is 4.79 Å². The van der Waals surface area contributed by atoms with E-state index in [0.717, 1.165) is 48.9 Å². The highest BCUT2D eigenvalue weighted by molar-refractivity contribution is 6.04. The first-order chi connectivity index (χ1) is 14.0. The summed E-state index contributed by atoms with van der Waals surface area (Å²) in [6.07, 6.45) is 0. The van der Waals surface area contributed by atoms with E-state index in [1.165, 1.54) is 5.69 Å². The number of aromatic nitrogens is 2. The van der Waals surface area contributed by atoms with Crippen molar-refractivity contribution in [1.29, 1.82) is 0 Å². The standard InChI is InChI=1S/C23H27N5O/c1-17-16-18(2)28(25-17)22-8-4-19(5-9-22)23(29)24-20-6-10-21(11-7-20)27-14-12-26(3)13-15-27/h4-11,16H,12-15H2,1-3H3,(H,24,29). The van der Waals surface area contributed by atoms with Crippen LogP contribution in [0.15, 0.2) is 54.6 Å². The molecule has 0 bridgehead atoms. The van der Waals surface area contributed by atoms with E-state index in [2.05, 4.69) is 39.4 Å². The average molecular weight is 390 g/mol. The summed E-state index contributed by atoms with van der Waals surface area (Å²) >= 11 is 0. The summed E-state index contributed by atoms with van der Waals surface area (Å²) < 4.78 is 1.88. The molecule has 0 unspecified atom stereocenters. The molecule has 2 aromatic carbocycles. The molecule has 0 saturated carbocycles. The predicted octanol–water partition coefficient (Wildman–Crippen LogP) is 3.49. The molecule has 3 aromatic rings. The van der Waals surface area contributed by atoms with Gasteiger partial charge in [-0.1, -0.05) is 0 Å². The number of anilines is 2. The van der Waals surface area contributed by atoms with Crippen LogP contribution in [-0.4, -0.2) is 53.8 Å². The first-order valence-electron chi connectivity index (χ1n) is 9.98. The number of benzene rings is 2. The Morgan fingerprint density at radius 1 is 0.897 bits per heavy atom. The fourth-order valence-electron chi connectivity index (χ4n) is 3.67. The van der Waals surface area contributed by atoms with Gasteiger partial charge in [-0.05, 0) is 75.5 Å². The van der Waals surface area contributed by atoms with Crippen LogP contribution in [0.5, 0.6) is 0 Å². The smallest absolute Gasteiger partial charge is 0.255 e. The predicted molar refractivity (Wildman–Crippen MR) is 117 cm³/mol. The number of nitrogens with zero attached hydrogens (tertiary/aromatic N) is 4. The van der Waals surface area contributed by atoms with Crippen molar-refractivity contribution in [3.8, 4) is 5.69 Å². The summed E-state index contributed by atoms with van der Waals surface area (Å²) in [4.78, 5) is 17.3. The van der Waals surface area contributed by atoms with Crippen molar-refractivity contribution in [3.63, 3.8) is 0 Å². The topological polar surface area (TPSA) is 53.4 Å². The number of likely N-dealkylation sites (N-methyl/N-ethyl adjacent to an activating group) is 1. The SMILES string of the molecule is Cc1cc(C)n(-c2ccc(C(=O)Nc3ccc(N4CCN(C)CC4)cc3)cc2)n1. The Labute approximate surface area is 171 Å². The summed E-state index contributed by atoms with van der Waals surface area (Å²) in [5, 5.41) is 7.47. The lowest BCUT2D eigenvalue weighted by Gasteiger charge is -2.34. The summed E-state index contributed by atoms with van der Waals surface area (Å²) in [7, 11) is 2.15. The summed E-state index contributed by atoms with van der Waals surface area (Å²) in [6, 6.07) is 17.6. The van der Waals surface area contributed by atoms with Gasteiger partial charge in [-0.25, -0.2) is 4.68 Å². The summed E-state index contributed by atoms with van der Waals surface area (Å²) in [5.41, 5.74) is 5.62. The molecule has 6 nitrogen and oxygen atoms in total. The zero-order valence-electron chi connectivity index (χ0n) is 17.2. The van der Waals surface area contributed by atoms with E-state index in [9.17, 15) is 4.79 Å². The number of piperazine rings is 1. The minimum Gasteiger partial charge on any atom is -0.369 e. The van der Waals surface area contributed by atoms with Gasteiger partial charge in [0.1, 0.15) is 0 Å². The normalized spacial score (nSPS) is 14.8. The quantitative estimate of drug-likeness (QED) is 0.742. The molecular weight excluding hydrogens is 362 g/mol. The molecule has 1 aliphatic heterocycles. The summed E-state index contributed by atoms with van der Waals surface area (Å²) in [5.74, 6) is -0.114. The largest absolute Gasteiger partial charge is 0.369 e. The molecule has 1 saturated heterocycles.